The molecular weight excluding hydrogens is 258 g/mol. The molecule has 0 bridgehead atoms. The van der Waals surface area contributed by atoms with Crippen LogP contribution in [0.5, 0.6) is 0 Å². The van der Waals surface area contributed by atoms with Gasteiger partial charge < -0.3 is 0 Å². The Bertz CT molecular complexity index is 397. The zero-order valence-corrected chi connectivity index (χ0v) is 9.57. The quantitative estimate of drug-likeness (QED) is 0.626. The molecule has 0 rings (SSSR count). The first kappa shape index (κ1) is 14.7. The molecule has 92 valence electrons. The Morgan fingerprint density at radius 2 is 1.67 bits per heavy atom. The van der Waals surface area contributed by atoms with Crippen molar-refractivity contribution in [1.29, 1.82) is 0 Å². The third-order valence-corrected chi connectivity index (χ3v) is 3.82. The first-order valence-electron chi connectivity index (χ1n) is 3.63. The lowest BCUT2D eigenvalue weighted by Gasteiger charge is -2.14. The van der Waals surface area contributed by atoms with E-state index >= 15 is 0 Å². The van der Waals surface area contributed by atoms with Gasteiger partial charge in [0.2, 0.25) is 0 Å². The van der Waals surface area contributed by atoms with E-state index < -0.39 is 37.9 Å². The SMILES string of the molecule is CCS(=O)(=O)OCC(F)(F)S(=O)(=O)OC. The minimum absolute atomic E-state index is 0.532. The molecule has 0 fully saturated rings. The molecule has 0 aromatic carbocycles. The molecule has 6 nitrogen and oxygen atoms in total. The maximum absolute atomic E-state index is 12.8. The van der Waals surface area contributed by atoms with Crippen molar-refractivity contribution in [3.05, 3.63) is 0 Å². The Labute approximate surface area is 86.4 Å². The molecule has 0 aromatic heterocycles. The van der Waals surface area contributed by atoms with Crippen LogP contribution in [0.4, 0.5) is 8.78 Å². The molecule has 0 aliphatic carbocycles. The average Bonchev–Trinajstić information content (AvgIpc) is 2.15. The first-order valence-corrected chi connectivity index (χ1v) is 6.61. The van der Waals surface area contributed by atoms with Crippen molar-refractivity contribution in [1.82, 2.24) is 0 Å². The van der Waals surface area contributed by atoms with Crippen molar-refractivity contribution in [2.75, 3.05) is 19.5 Å². The van der Waals surface area contributed by atoms with Crippen LogP contribution >= 0.6 is 0 Å². The number of hydrogen-bond donors (Lipinski definition) is 0. The molecule has 0 spiro atoms. The van der Waals surface area contributed by atoms with Gasteiger partial charge in [-0.3, -0.25) is 8.37 Å². The Balaban J connectivity index is 4.70. The predicted molar refractivity (Wildman–Crippen MR) is 46.3 cm³/mol. The lowest BCUT2D eigenvalue weighted by molar-refractivity contribution is 0.0290. The van der Waals surface area contributed by atoms with Gasteiger partial charge in [-0.05, 0) is 6.92 Å². The molecule has 0 atom stereocenters. The normalized spacial score (nSPS) is 14.1. The van der Waals surface area contributed by atoms with E-state index in [1.165, 1.54) is 0 Å². The molecule has 0 unspecified atom stereocenters. The fourth-order valence-corrected chi connectivity index (χ4v) is 1.45. The fourth-order valence-electron chi connectivity index (χ4n) is 0.436. The molecule has 0 aliphatic rings. The van der Waals surface area contributed by atoms with Crippen molar-refractivity contribution in [3.63, 3.8) is 0 Å². The zero-order valence-electron chi connectivity index (χ0n) is 7.94. The average molecular weight is 268 g/mol. The van der Waals surface area contributed by atoms with Crippen LogP contribution in [0.15, 0.2) is 0 Å². The van der Waals surface area contributed by atoms with E-state index in [4.69, 9.17) is 0 Å². The maximum Gasteiger partial charge on any atom is 0.394 e. The second-order valence-electron chi connectivity index (χ2n) is 2.37. The summed E-state index contributed by atoms with van der Waals surface area (Å²) in [6.07, 6.45) is 0. The van der Waals surface area contributed by atoms with E-state index in [9.17, 15) is 25.6 Å². The van der Waals surface area contributed by atoms with Crippen molar-refractivity contribution in [2.24, 2.45) is 0 Å². The van der Waals surface area contributed by atoms with Crippen molar-refractivity contribution in [3.8, 4) is 0 Å². The molecule has 0 saturated heterocycles. The van der Waals surface area contributed by atoms with E-state index in [-0.39, 0.29) is 0 Å². The summed E-state index contributed by atoms with van der Waals surface area (Å²) >= 11 is 0. The third kappa shape index (κ3) is 3.97. The van der Waals surface area contributed by atoms with E-state index in [2.05, 4.69) is 8.37 Å². The van der Waals surface area contributed by atoms with Gasteiger partial charge in [-0.25, -0.2) is 0 Å². The second kappa shape index (κ2) is 4.68. The summed E-state index contributed by atoms with van der Waals surface area (Å²) in [7, 11) is -8.73. The maximum atomic E-state index is 12.8. The molecule has 10 heteroatoms. The molecular formula is C5H10F2O6S2. The van der Waals surface area contributed by atoms with Gasteiger partial charge in [0.1, 0.15) is 6.61 Å². The zero-order chi connectivity index (χ0) is 12.3. The Kier molecular flexibility index (Phi) is 4.58. The summed E-state index contributed by atoms with van der Waals surface area (Å²) < 4.78 is 75.4. The molecule has 0 saturated carbocycles. The largest absolute Gasteiger partial charge is 0.394 e. The summed E-state index contributed by atoms with van der Waals surface area (Å²) in [5.41, 5.74) is 0. The van der Waals surface area contributed by atoms with Gasteiger partial charge in [0.05, 0.1) is 12.9 Å². The van der Waals surface area contributed by atoms with Crippen LogP contribution in [0.3, 0.4) is 0 Å². The minimum Gasteiger partial charge on any atom is -0.269 e. The van der Waals surface area contributed by atoms with Crippen molar-refractivity contribution in [2.45, 2.75) is 12.2 Å². The van der Waals surface area contributed by atoms with Crippen LogP contribution in [0.2, 0.25) is 0 Å². The fraction of sp³-hybridized carbons (Fsp3) is 1.00. The molecule has 0 aliphatic heterocycles. The highest BCUT2D eigenvalue weighted by atomic mass is 32.2. The van der Waals surface area contributed by atoms with Crippen LogP contribution in [-0.2, 0) is 28.6 Å². The Hall–Kier alpha value is -0.320. The Morgan fingerprint density at radius 1 is 1.20 bits per heavy atom. The smallest absolute Gasteiger partial charge is 0.269 e. The minimum atomic E-state index is -5.15. The lowest BCUT2D eigenvalue weighted by atomic mass is 10.8. The summed E-state index contributed by atoms with van der Waals surface area (Å²) in [4.78, 5) is 0. The van der Waals surface area contributed by atoms with Crippen LogP contribution in [0.25, 0.3) is 0 Å². The molecule has 0 radical (unpaired) electrons. The third-order valence-electron chi connectivity index (χ3n) is 1.35. The van der Waals surface area contributed by atoms with Gasteiger partial charge >= 0.3 is 15.4 Å². The molecule has 15 heavy (non-hydrogen) atoms. The summed E-state index contributed by atoms with van der Waals surface area (Å²) in [6, 6.07) is 0. The van der Waals surface area contributed by atoms with Crippen LogP contribution in [-0.4, -0.2) is 41.6 Å². The van der Waals surface area contributed by atoms with E-state index in [1.807, 2.05) is 0 Å². The topological polar surface area (TPSA) is 86.7 Å². The second-order valence-corrected chi connectivity index (χ2v) is 6.13. The number of rotatable bonds is 6. The van der Waals surface area contributed by atoms with Gasteiger partial charge in [-0.2, -0.15) is 25.6 Å². The summed E-state index contributed by atoms with van der Waals surface area (Å²) in [5, 5.41) is -4.40. The van der Waals surface area contributed by atoms with E-state index in [0.29, 0.717) is 7.11 Å². The monoisotopic (exact) mass is 268 g/mol. The highest BCUT2D eigenvalue weighted by Crippen LogP contribution is 2.23. The molecule has 0 N–H and O–H groups in total. The van der Waals surface area contributed by atoms with Gasteiger partial charge in [0.15, 0.2) is 0 Å². The van der Waals surface area contributed by atoms with Crippen LogP contribution < -0.4 is 0 Å². The van der Waals surface area contributed by atoms with Gasteiger partial charge in [0.25, 0.3) is 10.1 Å². The summed E-state index contributed by atoms with van der Waals surface area (Å²) in [5.74, 6) is -0.532. The highest BCUT2D eigenvalue weighted by Gasteiger charge is 2.47. The van der Waals surface area contributed by atoms with E-state index in [0.717, 1.165) is 6.92 Å². The Morgan fingerprint density at radius 3 is 2.00 bits per heavy atom. The molecule has 0 aromatic rings. The van der Waals surface area contributed by atoms with Gasteiger partial charge in [-0.1, -0.05) is 0 Å². The molecule has 0 heterocycles. The van der Waals surface area contributed by atoms with Crippen molar-refractivity contribution >= 4 is 20.2 Å². The first-order chi connectivity index (χ1) is 6.58. The number of hydrogen-bond acceptors (Lipinski definition) is 6. The number of alkyl halides is 2. The predicted octanol–water partition coefficient (Wildman–Crippen LogP) is -0.0783. The van der Waals surface area contributed by atoms with Crippen molar-refractivity contribution < 1.29 is 34.0 Å². The van der Waals surface area contributed by atoms with Crippen LogP contribution in [0.1, 0.15) is 6.92 Å². The highest BCUT2D eigenvalue weighted by molar-refractivity contribution is 7.88. The summed E-state index contributed by atoms with van der Waals surface area (Å²) in [6.45, 7) is -0.627. The lowest BCUT2D eigenvalue weighted by Crippen LogP contribution is -2.36. The van der Waals surface area contributed by atoms with Gasteiger partial charge in [0, 0.05) is 0 Å². The molecule has 0 amide bonds. The van der Waals surface area contributed by atoms with Gasteiger partial charge in [-0.15, -0.1) is 0 Å². The van der Waals surface area contributed by atoms with E-state index in [1.54, 1.807) is 0 Å². The number of halogens is 2. The standard InChI is InChI=1S/C5H10F2O6S2/c1-3-14(8,9)13-4-5(6,7)15(10,11)12-2/h3-4H2,1-2H3. The van der Waals surface area contributed by atoms with Crippen LogP contribution in [0, 0.1) is 0 Å².